The lowest BCUT2D eigenvalue weighted by atomic mass is 9.99. The molecule has 0 aromatic rings. The first-order valence-corrected chi connectivity index (χ1v) is 4.04. The van der Waals surface area contributed by atoms with Crippen LogP contribution < -0.4 is 5.73 Å². The molecule has 0 radical (unpaired) electrons. The largest absolute Gasteiger partial charge is 0.388 e. The Morgan fingerprint density at radius 1 is 1.23 bits per heavy atom. The maximum atomic E-state index is 9.35. The van der Waals surface area contributed by atoms with Crippen molar-refractivity contribution in [2.24, 2.45) is 5.73 Å². The quantitative estimate of drug-likeness (QED) is 0.383. The fourth-order valence-electron chi connectivity index (χ4n) is 1.31. The molecule has 1 fully saturated rings. The summed E-state index contributed by atoms with van der Waals surface area (Å²) in [5.41, 5.74) is 5.28. The summed E-state index contributed by atoms with van der Waals surface area (Å²) in [6.45, 7) is 0.0603. The number of ether oxygens (including phenoxy) is 2. The molecule has 6 nitrogen and oxygen atoms in total. The Morgan fingerprint density at radius 2 is 1.85 bits per heavy atom. The summed E-state index contributed by atoms with van der Waals surface area (Å²) in [4.78, 5) is 0. The van der Waals surface area contributed by atoms with Crippen LogP contribution in [0, 0.1) is 0 Å². The van der Waals surface area contributed by atoms with Crippen molar-refractivity contribution in [1.29, 1.82) is 0 Å². The van der Waals surface area contributed by atoms with Crippen LogP contribution in [0.2, 0.25) is 0 Å². The maximum absolute atomic E-state index is 9.35. The van der Waals surface area contributed by atoms with Crippen molar-refractivity contribution in [3.05, 3.63) is 0 Å². The van der Waals surface area contributed by atoms with E-state index in [0.29, 0.717) is 0 Å². The van der Waals surface area contributed by atoms with Gasteiger partial charge in [0.25, 0.3) is 0 Å². The van der Waals surface area contributed by atoms with E-state index in [4.69, 9.17) is 15.2 Å². The van der Waals surface area contributed by atoms with Crippen LogP contribution in [0.15, 0.2) is 0 Å². The summed E-state index contributed by atoms with van der Waals surface area (Å²) < 4.78 is 9.83. The van der Waals surface area contributed by atoms with Crippen LogP contribution in [0.1, 0.15) is 0 Å². The van der Waals surface area contributed by atoms with Gasteiger partial charge >= 0.3 is 0 Å². The molecule has 0 aromatic heterocycles. The number of nitrogens with two attached hydrogens (primary N) is 1. The number of rotatable bonds is 2. The van der Waals surface area contributed by atoms with E-state index in [1.165, 1.54) is 7.11 Å². The predicted octanol–water partition coefficient (Wildman–Crippen LogP) is -2.60. The molecule has 1 saturated heterocycles. The van der Waals surface area contributed by atoms with Gasteiger partial charge in [-0.05, 0) is 0 Å². The van der Waals surface area contributed by atoms with Crippen molar-refractivity contribution < 1.29 is 24.8 Å². The van der Waals surface area contributed by atoms with Crippen LogP contribution in [-0.2, 0) is 9.47 Å². The van der Waals surface area contributed by atoms with Gasteiger partial charge < -0.3 is 30.5 Å². The van der Waals surface area contributed by atoms with Crippen LogP contribution in [0.4, 0.5) is 0 Å². The molecule has 0 amide bonds. The number of aliphatic hydroxyl groups is 3. The Bertz CT molecular complexity index is 147. The second-order valence-electron chi connectivity index (χ2n) is 2.99. The molecular formula is C7H15NO5. The Hall–Kier alpha value is -0.240. The lowest BCUT2D eigenvalue weighted by Crippen LogP contribution is -2.59. The summed E-state index contributed by atoms with van der Waals surface area (Å²) in [6.07, 6.45) is -5.35. The van der Waals surface area contributed by atoms with Crippen molar-refractivity contribution in [3.8, 4) is 0 Å². The van der Waals surface area contributed by atoms with E-state index in [1.807, 2.05) is 0 Å². The van der Waals surface area contributed by atoms with E-state index in [1.54, 1.807) is 0 Å². The van der Waals surface area contributed by atoms with Gasteiger partial charge in [-0.3, -0.25) is 0 Å². The van der Waals surface area contributed by atoms with Crippen LogP contribution in [0.3, 0.4) is 0 Å². The molecule has 0 saturated carbocycles. The average Bonchev–Trinajstić information content (AvgIpc) is 2.15. The zero-order valence-corrected chi connectivity index (χ0v) is 7.33. The van der Waals surface area contributed by atoms with Gasteiger partial charge in [0, 0.05) is 13.7 Å². The summed E-state index contributed by atoms with van der Waals surface area (Å²) in [5.74, 6) is 0. The molecule has 5 atom stereocenters. The molecule has 1 rings (SSSR count). The van der Waals surface area contributed by atoms with Crippen LogP contribution in [0.5, 0.6) is 0 Å². The first-order valence-electron chi connectivity index (χ1n) is 4.04. The molecule has 1 heterocycles. The standard InChI is InChI=1S/C7H15NO5/c1-12-7-6(11)5(10)4(9)3(2-8)13-7/h3-7,9-11H,2,8H2,1H3/t3-,4-,5?,6-,7-/m1/s1. The molecule has 0 aliphatic carbocycles. The van der Waals surface area contributed by atoms with Gasteiger partial charge in [0.1, 0.15) is 24.4 Å². The highest BCUT2D eigenvalue weighted by Gasteiger charge is 2.43. The molecule has 6 heteroatoms. The summed E-state index contributed by atoms with van der Waals surface area (Å²) in [5, 5.41) is 28.0. The number of hydrogen-bond donors (Lipinski definition) is 4. The van der Waals surface area contributed by atoms with E-state index in [0.717, 1.165) is 0 Å². The Morgan fingerprint density at radius 3 is 2.31 bits per heavy atom. The number of methoxy groups -OCH3 is 1. The second kappa shape index (κ2) is 4.32. The summed E-state index contributed by atoms with van der Waals surface area (Å²) >= 11 is 0. The molecular weight excluding hydrogens is 178 g/mol. The molecule has 1 aliphatic heterocycles. The monoisotopic (exact) mass is 193 g/mol. The minimum Gasteiger partial charge on any atom is -0.388 e. The van der Waals surface area contributed by atoms with Crippen molar-refractivity contribution >= 4 is 0 Å². The van der Waals surface area contributed by atoms with Crippen molar-refractivity contribution in [3.63, 3.8) is 0 Å². The fraction of sp³-hybridized carbons (Fsp3) is 1.00. The lowest BCUT2D eigenvalue weighted by Gasteiger charge is -2.39. The highest BCUT2D eigenvalue weighted by Crippen LogP contribution is 2.20. The Balaban J connectivity index is 2.66. The van der Waals surface area contributed by atoms with Gasteiger partial charge in [0.15, 0.2) is 6.29 Å². The summed E-state index contributed by atoms with van der Waals surface area (Å²) in [6, 6.07) is 0. The highest BCUT2D eigenvalue weighted by molar-refractivity contribution is 4.89. The zero-order chi connectivity index (χ0) is 10.0. The molecule has 78 valence electrons. The van der Waals surface area contributed by atoms with Gasteiger partial charge in [-0.15, -0.1) is 0 Å². The SMILES string of the molecule is CO[C@@H]1O[C@H](CN)[C@@H](O)C(O)[C@H]1O. The smallest absolute Gasteiger partial charge is 0.186 e. The number of aliphatic hydroxyl groups excluding tert-OH is 3. The minimum absolute atomic E-state index is 0.0603. The van der Waals surface area contributed by atoms with Crippen LogP contribution in [-0.4, -0.2) is 59.7 Å². The van der Waals surface area contributed by atoms with E-state index >= 15 is 0 Å². The molecule has 1 unspecified atom stereocenters. The molecule has 5 N–H and O–H groups in total. The minimum atomic E-state index is -1.28. The first-order chi connectivity index (χ1) is 6.11. The van der Waals surface area contributed by atoms with Crippen molar-refractivity contribution in [2.75, 3.05) is 13.7 Å². The maximum Gasteiger partial charge on any atom is 0.186 e. The predicted molar refractivity (Wildman–Crippen MR) is 42.7 cm³/mol. The average molecular weight is 193 g/mol. The Labute approximate surface area is 75.9 Å². The normalized spacial score (nSPS) is 46.4. The van der Waals surface area contributed by atoms with E-state index in [2.05, 4.69) is 0 Å². The van der Waals surface area contributed by atoms with Crippen molar-refractivity contribution in [1.82, 2.24) is 0 Å². The third-order valence-electron chi connectivity index (χ3n) is 2.13. The molecule has 0 bridgehead atoms. The topological polar surface area (TPSA) is 105 Å². The van der Waals surface area contributed by atoms with Gasteiger partial charge in [0.2, 0.25) is 0 Å². The Kier molecular flexibility index (Phi) is 3.60. The van der Waals surface area contributed by atoms with Crippen molar-refractivity contribution in [2.45, 2.75) is 30.7 Å². The zero-order valence-electron chi connectivity index (χ0n) is 7.33. The lowest BCUT2D eigenvalue weighted by molar-refractivity contribution is -0.287. The molecule has 1 aliphatic rings. The van der Waals surface area contributed by atoms with Gasteiger partial charge in [-0.1, -0.05) is 0 Å². The van der Waals surface area contributed by atoms with Gasteiger partial charge in [0.05, 0.1) is 0 Å². The first kappa shape index (κ1) is 10.8. The highest BCUT2D eigenvalue weighted by atomic mass is 16.7. The van der Waals surface area contributed by atoms with E-state index in [9.17, 15) is 15.3 Å². The fourth-order valence-corrected chi connectivity index (χ4v) is 1.31. The summed E-state index contributed by atoms with van der Waals surface area (Å²) in [7, 11) is 1.34. The van der Waals surface area contributed by atoms with E-state index < -0.39 is 30.7 Å². The third kappa shape index (κ3) is 1.98. The molecule has 0 aromatic carbocycles. The molecule has 0 spiro atoms. The van der Waals surface area contributed by atoms with Crippen LogP contribution in [0.25, 0.3) is 0 Å². The van der Waals surface area contributed by atoms with Gasteiger partial charge in [-0.2, -0.15) is 0 Å². The number of hydrogen-bond acceptors (Lipinski definition) is 6. The third-order valence-corrected chi connectivity index (χ3v) is 2.13. The van der Waals surface area contributed by atoms with Gasteiger partial charge in [-0.25, -0.2) is 0 Å². The van der Waals surface area contributed by atoms with E-state index in [-0.39, 0.29) is 6.54 Å². The molecule has 13 heavy (non-hydrogen) atoms. The second-order valence-corrected chi connectivity index (χ2v) is 2.99. The van der Waals surface area contributed by atoms with Crippen LogP contribution >= 0.6 is 0 Å².